The van der Waals surface area contributed by atoms with Crippen LogP contribution in [-0.2, 0) is 9.53 Å². The molecule has 8 heteroatoms. The summed E-state index contributed by atoms with van der Waals surface area (Å²) in [5.41, 5.74) is 3.28. The maximum absolute atomic E-state index is 14.6. The van der Waals surface area contributed by atoms with Gasteiger partial charge in [-0.1, -0.05) is 30.3 Å². The van der Waals surface area contributed by atoms with Gasteiger partial charge in [-0.25, -0.2) is 4.39 Å². The van der Waals surface area contributed by atoms with E-state index < -0.39 is 23.8 Å². The standard InChI is InChI=1S/C33H36FN3O4/c1-21-10-4-5-11-23(21)33(40)36-28-13-7-6-12-24(28)32(39)31-26(19-30(38)37-16-8-3-9-17-37)25-18-22(34)14-15-27(25)35-20-29(31)41-2/h4-7,10-15,18,26,29,31,35H,3,8-9,16-17,19-20H2,1-2H3,(H,36,40). The van der Waals surface area contributed by atoms with Gasteiger partial charge in [0.1, 0.15) is 5.82 Å². The summed E-state index contributed by atoms with van der Waals surface area (Å²) in [6, 6.07) is 18.6. The number of anilines is 2. The van der Waals surface area contributed by atoms with Crippen molar-refractivity contribution in [3.05, 3.63) is 94.8 Å². The first-order chi connectivity index (χ1) is 19.9. The molecule has 0 spiro atoms. The molecule has 41 heavy (non-hydrogen) atoms. The zero-order chi connectivity index (χ0) is 28.9. The third-order valence-electron chi connectivity index (χ3n) is 8.28. The Bertz CT molecular complexity index is 1440. The number of methoxy groups -OCH3 is 1. The van der Waals surface area contributed by atoms with Crippen molar-refractivity contribution in [2.45, 2.75) is 44.6 Å². The molecule has 3 aromatic carbocycles. The minimum Gasteiger partial charge on any atom is -0.382 e. The van der Waals surface area contributed by atoms with E-state index in [1.165, 1.54) is 12.1 Å². The molecule has 0 aromatic heterocycles. The topological polar surface area (TPSA) is 87.7 Å². The molecule has 214 valence electrons. The average molecular weight is 558 g/mol. The number of halogens is 1. The van der Waals surface area contributed by atoms with Crippen LogP contribution in [0.15, 0.2) is 66.7 Å². The number of piperidine rings is 1. The monoisotopic (exact) mass is 557 g/mol. The van der Waals surface area contributed by atoms with E-state index in [-0.39, 0.29) is 24.0 Å². The Morgan fingerprint density at radius 3 is 2.41 bits per heavy atom. The fourth-order valence-corrected chi connectivity index (χ4v) is 6.07. The van der Waals surface area contributed by atoms with Gasteiger partial charge in [0, 0.05) is 55.9 Å². The Kier molecular flexibility index (Phi) is 8.78. The number of Topliss-reactive ketones (excluding diaryl/α,β-unsaturated/α-hetero) is 1. The highest BCUT2D eigenvalue weighted by Gasteiger charge is 2.42. The second kappa shape index (κ2) is 12.6. The highest BCUT2D eigenvalue weighted by Crippen LogP contribution is 2.42. The van der Waals surface area contributed by atoms with Gasteiger partial charge < -0.3 is 20.3 Å². The van der Waals surface area contributed by atoms with Crippen LogP contribution in [0, 0.1) is 18.7 Å². The van der Waals surface area contributed by atoms with Gasteiger partial charge >= 0.3 is 0 Å². The molecule has 0 radical (unpaired) electrons. The molecule has 0 saturated carbocycles. The average Bonchev–Trinajstić information content (AvgIpc) is 3.14. The van der Waals surface area contributed by atoms with E-state index in [2.05, 4.69) is 10.6 Å². The van der Waals surface area contributed by atoms with Gasteiger partial charge in [-0.3, -0.25) is 14.4 Å². The van der Waals surface area contributed by atoms with Crippen LogP contribution in [0.1, 0.15) is 63.4 Å². The number of carbonyl (C=O) groups is 3. The van der Waals surface area contributed by atoms with Crippen molar-refractivity contribution < 1.29 is 23.5 Å². The molecule has 0 aliphatic carbocycles. The van der Waals surface area contributed by atoms with E-state index >= 15 is 0 Å². The van der Waals surface area contributed by atoms with Crippen LogP contribution in [-0.4, -0.2) is 55.3 Å². The van der Waals surface area contributed by atoms with Crippen LogP contribution in [0.2, 0.25) is 0 Å². The lowest BCUT2D eigenvalue weighted by molar-refractivity contribution is -0.132. The minimum absolute atomic E-state index is 0.0478. The van der Waals surface area contributed by atoms with E-state index in [0.29, 0.717) is 47.7 Å². The number of ether oxygens (including phenoxy) is 1. The third-order valence-corrected chi connectivity index (χ3v) is 8.28. The number of hydrogen-bond acceptors (Lipinski definition) is 5. The Morgan fingerprint density at radius 2 is 1.68 bits per heavy atom. The molecule has 1 fully saturated rings. The minimum atomic E-state index is -0.805. The number of benzene rings is 3. The molecule has 2 heterocycles. The SMILES string of the molecule is COC1CNc2ccc(F)cc2C(CC(=O)N2CCCCC2)C1C(=O)c1ccccc1NC(=O)c1ccccc1C. The molecule has 7 nitrogen and oxygen atoms in total. The number of para-hydroxylation sites is 1. The summed E-state index contributed by atoms with van der Waals surface area (Å²) < 4.78 is 20.5. The first kappa shape index (κ1) is 28.5. The fraction of sp³-hybridized carbons (Fsp3) is 0.364. The predicted octanol–water partition coefficient (Wildman–Crippen LogP) is 5.81. The summed E-state index contributed by atoms with van der Waals surface area (Å²) >= 11 is 0. The maximum Gasteiger partial charge on any atom is 0.255 e. The number of fused-ring (bicyclic) bond motifs is 1. The van der Waals surface area contributed by atoms with Gasteiger partial charge in [0.25, 0.3) is 5.91 Å². The lowest BCUT2D eigenvalue weighted by Crippen LogP contribution is -2.41. The highest BCUT2D eigenvalue weighted by molar-refractivity contribution is 6.11. The Balaban J connectivity index is 1.54. The van der Waals surface area contributed by atoms with Gasteiger partial charge in [0.15, 0.2) is 5.78 Å². The summed E-state index contributed by atoms with van der Waals surface area (Å²) in [7, 11) is 1.54. The lowest BCUT2D eigenvalue weighted by Gasteiger charge is -2.33. The molecule has 1 saturated heterocycles. The van der Waals surface area contributed by atoms with E-state index in [1.54, 1.807) is 49.6 Å². The van der Waals surface area contributed by atoms with Gasteiger partial charge in [-0.2, -0.15) is 0 Å². The molecule has 2 N–H and O–H groups in total. The van der Waals surface area contributed by atoms with Gasteiger partial charge in [-0.15, -0.1) is 0 Å². The first-order valence-electron chi connectivity index (χ1n) is 14.2. The van der Waals surface area contributed by atoms with E-state index in [9.17, 15) is 18.8 Å². The molecule has 0 bridgehead atoms. The predicted molar refractivity (Wildman–Crippen MR) is 157 cm³/mol. The Morgan fingerprint density at radius 1 is 0.976 bits per heavy atom. The number of hydrogen-bond donors (Lipinski definition) is 2. The maximum atomic E-state index is 14.6. The molecule has 2 aliphatic rings. The smallest absolute Gasteiger partial charge is 0.255 e. The van der Waals surface area contributed by atoms with E-state index in [4.69, 9.17) is 4.74 Å². The van der Waals surface area contributed by atoms with Crippen molar-refractivity contribution in [2.24, 2.45) is 5.92 Å². The van der Waals surface area contributed by atoms with Crippen LogP contribution in [0.3, 0.4) is 0 Å². The summed E-state index contributed by atoms with van der Waals surface area (Å²) in [6.45, 7) is 3.52. The zero-order valence-electron chi connectivity index (χ0n) is 23.5. The molecule has 3 aromatic rings. The quantitative estimate of drug-likeness (QED) is 0.358. The number of aryl methyl sites for hydroxylation is 1. The Hall–Kier alpha value is -4.04. The number of ketones is 1. The number of amides is 2. The van der Waals surface area contributed by atoms with Crippen LogP contribution >= 0.6 is 0 Å². The number of likely N-dealkylation sites (tertiary alicyclic amines) is 1. The van der Waals surface area contributed by atoms with Crippen LogP contribution in [0.5, 0.6) is 0 Å². The Labute approximate surface area is 240 Å². The van der Waals surface area contributed by atoms with Crippen molar-refractivity contribution in [2.75, 3.05) is 37.4 Å². The molecular weight excluding hydrogens is 521 g/mol. The summed E-state index contributed by atoms with van der Waals surface area (Å²) in [6.07, 6.45) is 2.42. The van der Waals surface area contributed by atoms with Crippen molar-refractivity contribution >= 4 is 29.0 Å². The van der Waals surface area contributed by atoms with Crippen LogP contribution < -0.4 is 10.6 Å². The molecule has 2 amide bonds. The van der Waals surface area contributed by atoms with Gasteiger partial charge in [0.05, 0.1) is 17.7 Å². The van der Waals surface area contributed by atoms with E-state index in [1.807, 2.05) is 24.0 Å². The van der Waals surface area contributed by atoms with Gasteiger partial charge in [0.2, 0.25) is 5.91 Å². The molecule has 3 unspecified atom stereocenters. The van der Waals surface area contributed by atoms with Crippen LogP contribution in [0.25, 0.3) is 0 Å². The number of rotatable bonds is 7. The fourth-order valence-electron chi connectivity index (χ4n) is 6.07. The zero-order valence-corrected chi connectivity index (χ0v) is 23.5. The van der Waals surface area contributed by atoms with E-state index in [0.717, 1.165) is 24.8 Å². The highest BCUT2D eigenvalue weighted by atomic mass is 19.1. The van der Waals surface area contributed by atoms with Gasteiger partial charge in [-0.05, 0) is 73.7 Å². The second-order valence-corrected chi connectivity index (χ2v) is 10.8. The summed E-state index contributed by atoms with van der Waals surface area (Å²) in [5, 5.41) is 6.23. The van der Waals surface area contributed by atoms with Crippen LogP contribution in [0.4, 0.5) is 15.8 Å². The van der Waals surface area contributed by atoms with Crippen molar-refractivity contribution in [1.82, 2.24) is 4.90 Å². The lowest BCUT2D eigenvalue weighted by atomic mass is 9.76. The number of nitrogens with one attached hydrogen (secondary N) is 2. The van der Waals surface area contributed by atoms with Crippen molar-refractivity contribution in [3.8, 4) is 0 Å². The summed E-state index contributed by atoms with van der Waals surface area (Å²) in [4.78, 5) is 43.1. The molecular formula is C33H36FN3O4. The van der Waals surface area contributed by atoms with Crippen molar-refractivity contribution in [1.29, 1.82) is 0 Å². The largest absolute Gasteiger partial charge is 0.382 e. The third kappa shape index (κ3) is 6.17. The number of carbonyl (C=O) groups excluding carboxylic acids is 3. The molecule has 5 rings (SSSR count). The summed E-state index contributed by atoms with van der Waals surface area (Å²) in [5.74, 6) is -2.52. The van der Waals surface area contributed by atoms with Crippen molar-refractivity contribution in [3.63, 3.8) is 0 Å². The normalized spacial score (nSPS) is 20.4. The molecule has 3 atom stereocenters. The second-order valence-electron chi connectivity index (χ2n) is 10.8. The number of nitrogens with zero attached hydrogens (tertiary/aromatic N) is 1. The molecule has 2 aliphatic heterocycles. The first-order valence-corrected chi connectivity index (χ1v) is 14.2.